The summed E-state index contributed by atoms with van der Waals surface area (Å²) in [6.45, 7) is 0. The Kier molecular flexibility index (Phi) is 4.84. The van der Waals surface area contributed by atoms with Gasteiger partial charge in [0.15, 0.2) is 0 Å². The summed E-state index contributed by atoms with van der Waals surface area (Å²) in [5, 5.41) is 8.30. The predicted octanol–water partition coefficient (Wildman–Crippen LogP) is -4.54. The minimum absolute atomic E-state index is 0.683. The zero-order valence-corrected chi connectivity index (χ0v) is 13.2. The third-order valence-electron chi connectivity index (χ3n) is 3.41. The van der Waals surface area contributed by atoms with E-state index in [2.05, 4.69) is 4.52 Å². The Labute approximate surface area is 131 Å². The van der Waals surface area contributed by atoms with Crippen LogP contribution in [-0.4, -0.2) is 68.8 Å². The predicted molar refractivity (Wildman–Crippen MR) is 82.0 cm³/mol. The second-order valence-corrected chi connectivity index (χ2v) is 7.03. The summed E-state index contributed by atoms with van der Waals surface area (Å²) in [6, 6.07) is 0.978. The van der Waals surface area contributed by atoms with E-state index in [-0.39, 0.29) is 0 Å². The van der Waals surface area contributed by atoms with Gasteiger partial charge in [0.1, 0.15) is 0 Å². The van der Waals surface area contributed by atoms with Crippen LogP contribution < -0.4 is 11.2 Å². The standard InChI is InChI=1S/C9H16B2FN2O8P/c10-9(11,22-23(18,19)20)6-5(16)4(12)7(21-6)14-2-1-3(15)13-8(14)17/h1-2,4-7,16,18-20,23H,10-11H2,(H,13,15,17). The van der Waals surface area contributed by atoms with Crippen LogP contribution in [-0.2, 0) is 9.26 Å². The fraction of sp³-hybridized carbons (Fsp3) is 0.556. The Morgan fingerprint density at radius 1 is 1.39 bits per heavy atom. The van der Waals surface area contributed by atoms with Crippen LogP contribution in [0.5, 0.6) is 0 Å². The first-order chi connectivity index (χ1) is 10.4. The van der Waals surface area contributed by atoms with Gasteiger partial charge in [0, 0.05) is 0 Å². The number of aliphatic hydroxyl groups excluding tert-OH is 1. The van der Waals surface area contributed by atoms with Crippen LogP contribution in [0.4, 0.5) is 4.39 Å². The third-order valence-corrected chi connectivity index (χ3v) is 4.21. The molecule has 0 saturated carbocycles. The number of aromatic nitrogens is 2. The number of alkyl halides is 1. The van der Waals surface area contributed by atoms with Crippen LogP contribution in [0.25, 0.3) is 0 Å². The zero-order valence-electron chi connectivity index (χ0n) is 12.2. The van der Waals surface area contributed by atoms with Crippen molar-refractivity contribution in [2.75, 3.05) is 0 Å². The van der Waals surface area contributed by atoms with Gasteiger partial charge in [-0.2, -0.15) is 0 Å². The molecule has 1 aliphatic heterocycles. The van der Waals surface area contributed by atoms with E-state index >= 15 is 0 Å². The summed E-state index contributed by atoms with van der Waals surface area (Å²) in [6.07, 6.45) is -5.80. The number of halogens is 1. The number of nitrogens with one attached hydrogen (secondary N) is 1. The number of H-pyrrole nitrogens is 1. The summed E-state index contributed by atoms with van der Waals surface area (Å²) in [5.41, 5.74) is -1.62. The van der Waals surface area contributed by atoms with E-state index in [9.17, 15) is 19.1 Å². The van der Waals surface area contributed by atoms with E-state index in [4.69, 9.17) is 19.4 Å². The number of hydrogen-bond donors (Lipinski definition) is 5. The molecule has 0 aliphatic carbocycles. The number of hydrogen-bond acceptors (Lipinski definition) is 8. The van der Waals surface area contributed by atoms with Gasteiger partial charge < -0.3 is 0 Å². The van der Waals surface area contributed by atoms with Crippen molar-refractivity contribution < 1.29 is 33.4 Å². The van der Waals surface area contributed by atoms with Crippen LogP contribution in [0.15, 0.2) is 21.9 Å². The SMILES string of the molecule is BC(B)(O[PH](O)(O)O)C1OC(n2ccc(=O)[nH]c2=O)C(F)C1O. The Bertz CT molecular complexity index is 691. The zero-order chi connectivity index (χ0) is 17.6. The fourth-order valence-corrected chi connectivity index (χ4v) is 3.30. The molecule has 14 heteroatoms. The summed E-state index contributed by atoms with van der Waals surface area (Å²) >= 11 is 0. The Morgan fingerprint density at radius 3 is 2.52 bits per heavy atom. The van der Waals surface area contributed by atoms with E-state index in [1.54, 1.807) is 0 Å². The molecule has 5 N–H and O–H groups in total. The van der Waals surface area contributed by atoms with Crippen molar-refractivity contribution in [1.29, 1.82) is 0 Å². The monoisotopic (exact) mass is 352 g/mol. The summed E-state index contributed by atoms with van der Waals surface area (Å²) in [5.74, 6) is 0. The number of aliphatic hydroxyl groups is 1. The number of aromatic amines is 1. The molecule has 23 heavy (non-hydrogen) atoms. The summed E-state index contributed by atoms with van der Waals surface area (Å²) in [7, 11) is -2.47. The molecule has 10 nitrogen and oxygen atoms in total. The van der Waals surface area contributed by atoms with Crippen molar-refractivity contribution in [3.05, 3.63) is 33.1 Å². The van der Waals surface area contributed by atoms with Gasteiger partial charge in [-0.15, -0.1) is 0 Å². The van der Waals surface area contributed by atoms with Gasteiger partial charge in [0.2, 0.25) is 0 Å². The molecule has 4 atom stereocenters. The van der Waals surface area contributed by atoms with Crippen molar-refractivity contribution in [3.63, 3.8) is 0 Å². The molecule has 4 unspecified atom stereocenters. The third kappa shape index (κ3) is 3.89. The normalized spacial score (nSPS) is 29.6. The first-order valence-corrected chi connectivity index (χ1v) is 8.34. The van der Waals surface area contributed by atoms with E-state index < -0.39 is 49.4 Å². The number of nitrogens with zero attached hydrogens (tertiary/aromatic N) is 1. The molecule has 128 valence electrons. The van der Waals surface area contributed by atoms with Gasteiger partial charge in [-0.05, 0) is 0 Å². The molecule has 1 aromatic rings. The van der Waals surface area contributed by atoms with Gasteiger partial charge in [0.25, 0.3) is 0 Å². The average molecular weight is 352 g/mol. The van der Waals surface area contributed by atoms with Gasteiger partial charge in [0.05, 0.1) is 0 Å². The molecule has 1 saturated heterocycles. The van der Waals surface area contributed by atoms with Crippen molar-refractivity contribution in [3.8, 4) is 0 Å². The molecule has 0 bridgehead atoms. The van der Waals surface area contributed by atoms with Crippen molar-refractivity contribution in [2.24, 2.45) is 0 Å². The molecule has 0 spiro atoms. The molecule has 2 rings (SSSR count). The van der Waals surface area contributed by atoms with Crippen molar-refractivity contribution in [2.45, 2.75) is 30.0 Å². The van der Waals surface area contributed by atoms with Gasteiger partial charge in [-0.3, -0.25) is 0 Å². The average Bonchev–Trinajstić information content (AvgIpc) is 2.65. The summed E-state index contributed by atoms with van der Waals surface area (Å²) < 4.78 is 25.0. The summed E-state index contributed by atoms with van der Waals surface area (Å²) in [4.78, 5) is 51.7. The molecule has 0 amide bonds. The van der Waals surface area contributed by atoms with Crippen LogP contribution in [0.1, 0.15) is 6.23 Å². The Balaban J connectivity index is 2.31. The maximum atomic E-state index is 14.3. The number of ether oxygens (including phenoxy) is 1. The second-order valence-electron chi connectivity index (χ2n) is 5.68. The molecule has 1 aromatic heterocycles. The van der Waals surface area contributed by atoms with E-state index in [0.717, 1.165) is 16.8 Å². The van der Waals surface area contributed by atoms with Crippen molar-refractivity contribution in [1.82, 2.24) is 9.55 Å². The molecule has 1 fully saturated rings. The van der Waals surface area contributed by atoms with Gasteiger partial charge in [-0.1, -0.05) is 0 Å². The minimum atomic E-state index is -4.96. The molecular formula is C9H16B2FN2O8P. The molecule has 1 aliphatic rings. The fourth-order valence-electron chi connectivity index (χ4n) is 2.47. The van der Waals surface area contributed by atoms with E-state index in [1.165, 1.54) is 15.7 Å². The van der Waals surface area contributed by atoms with E-state index in [0.29, 0.717) is 0 Å². The topological polar surface area (TPSA) is 154 Å². The van der Waals surface area contributed by atoms with Gasteiger partial charge in [-0.25, -0.2) is 0 Å². The quantitative estimate of drug-likeness (QED) is 0.268. The molecular weight excluding hydrogens is 336 g/mol. The number of rotatable bonds is 4. The van der Waals surface area contributed by atoms with E-state index in [1.807, 2.05) is 4.98 Å². The second kappa shape index (κ2) is 6.10. The van der Waals surface area contributed by atoms with Crippen LogP contribution in [0.2, 0.25) is 0 Å². The van der Waals surface area contributed by atoms with Crippen LogP contribution in [0.3, 0.4) is 0 Å². The first kappa shape index (κ1) is 18.3. The Morgan fingerprint density at radius 2 is 2.00 bits per heavy atom. The van der Waals surface area contributed by atoms with Crippen molar-refractivity contribution >= 4 is 23.9 Å². The van der Waals surface area contributed by atoms with Crippen LogP contribution >= 0.6 is 8.17 Å². The maximum absolute atomic E-state index is 14.3. The first-order valence-electron chi connectivity index (χ1n) is 6.59. The Hall–Kier alpha value is -1.07. The van der Waals surface area contributed by atoms with Gasteiger partial charge >= 0.3 is 130 Å². The molecule has 2 heterocycles. The molecule has 0 radical (unpaired) electrons. The van der Waals surface area contributed by atoms with Crippen LogP contribution in [0, 0.1) is 0 Å². The molecule has 0 aromatic carbocycles.